The number of amides is 2. The summed E-state index contributed by atoms with van der Waals surface area (Å²) in [4.78, 5) is 46.3. The van der Waals surface area contributed by atoms with Gasteiger partial charge in [-0.1, -0.05) is 61.5 Å². The molecule has 4 rings (SSSR count). The van der Waals surface area contributed by atoms with Crippen LogP contribution in [0.2, 0.25) is 0 Å². The van der Waals surface area contributed by atoms with Crippen LogP contribution in [-0.2, 0) is 22.4 Å². The van der Waals surface area contributed by atoms with Gasteiger partial charge in [0.25, 0.3) is 17.6 Å². The molecule has 0 aliphatic carbocycles. The molecule has 8 heteroatoms. The molecule has 8 nitrogen and oxygen atoms in total. The van der Waals surface area contributed by atoms with E-state index < -0.39 is 17.6 Å². The molecule has 1 heterocycles. The predicted molar refractivity (Wildman–Crippen MR) is 136 cm³/mol. The summed E-state index contributed by atoms with van der Waals surface area (Å²) in [5.74, 6) is -1.45. The minimum Gasteiger partial charge on any atom is -0.483 e. The third kappa shape index (κ3) is 5.22. The number of carbonyl (C=O) groups excluding carboxylic acids is 3. The fourth-order valence-electron chi connectivity index (χ4n) is 4.03. The van der Waals surface area contributed by atoms with Gasteiger partial charge >= 0.3 is 0 Å². The van der Waals surface area contributed by atoms with Crippen molar-refractivity contribution in [3.8, 4) is 11.5 Å². The highest BCUT2D eigenvalue weighted by Gasteiger charge is 2.26. The first kappa shape index (κ1) is 24.5. The summed E-state index contributed by atoms with van der Waals surface area (Å²) in [5.41, 5.74) is 8.51. The largest absolute Gasteiger partial charge is 0.483 e. The zero-order chi connectivity index (χ0) is 25.7. The summed E-state index contributed by atoms with van der Waals surface area (Å²) in [6, 6.07) is 22.4. The summed E-state index contributed by atoms with van der Waals surface area (Å²) in [6.07, 6.45) is 0.969. The second kappa shape index (κ2) is 10.8. The number of hydroxylamine groups is 2. The average Bonchev–Trinajstić information content (AvgIpc) is 3.27. The molecule has 0 spiro atoms. The maximum Gasteiger partial charge on any atom is 0.292 e. The minimum absolute atomic E-state index is 0.172. The second-order valence-corrected chi connectivity index (χ2v) is 8.25. The van der Waals surface area contributed by atoms with Gasteiger partial charge in [-0.15, -0.1) is 0 Å². The number of aromatic amines is 1. The zero-order valence-electron chi connectivity index (χ0n) is 20.1. The van der Waals surface area contributed by atoms with Crippen LogP contribution < -0.4 is 15.3 Å². The summed E-state index contributed by atoms with van der Waals surface area (Å²) in [5, 5.41) is 1.53. The number of hydrogen-bond acceptors (Lipinski definition) is 5. The Morgan fingerprint density at radius 3 is 2.25 bits per heavy atom. The molecule has 0 atom stereocenters. The molecule has 4 aromatic rings. The van der Waals surface area contributed by atoms with Crippen molar-refractivity contribution in [2.75, 3.05) is 13.7 Å². The standard InChI is InChI=1S/C28H27N3O5/c1-3-21-24(26(33)28(29)34)25-22(30-21)15-14-19(16-18-10-6-4-7-11-18)27(25)35-17-23(32)31(2)36-20-12-8-5-9-13-20/h4-15,30H,3,16-17H2,1-2H3,(H2,29,34). The number of primary amides is 1. The van der Waals surface area contributed by atoms with Crippen molar-refractivity contribution in [1.82, 2.24) is 10.0 Å². The lowest BCUT2D eigenvalue weighted by Crippen LogP contribution is -2.34. The van der Waals surface area contributed by atoms with Crippen molar-refractivity contribution in [3.63, 3.8) is 0 Å². The number of ketones is 1. The normalized spacial score (nSPS) is 10.7. The van der Waals surface area contributed by atoms with E-state index in [0.717, 1.165) is 16.2 Å². The molecule has 0 fully saturated rings. The van der Waals surface area contributed by atoms with Gasteiger partial charge in [-0.3, -0.25) is 14.4 Å². The van der Waals surface area contributed by atoms with Crippen molar-refractivity contribution in [1.29, 1.82) is 0 Å². The maximum absolute atomic E-state index is 12.8. The number of para-hydroxylation sites is 1. The quantitative estimate of drug-likeness (QED) is 0.201. The lowest BCUT2D eigenvalue weighted by atomic mass is 9.98. The Kier molecular flexibility index (Phi) is 7.34. The van der Waals surface area contributed by atoms with E-state index in [1.165, 1.54) is 7.05 Å². The highest BCUT2D eigenvalue weighted by molar-refractivity contribution is 6.45. The first-order chi connectivity index (χ1) is 17.4. The van der Waals surface area contributed by atoms with E-state index in [-0.39, 0.29) is 12.2 Å². The van der Waals surface area contributed by atoms with Crippen molar-refractivity contribution >= 4 is 28.5 Å². The van der Waals surface area contributed by atoms with E-state index >= 15 is 0 Å². The van der Waals surface area contributed by atoms with Gasteiger partial charge in [-0.2, -0.15) is 5.06 Å². The number of ether oxygens (including phenoxy) is 1. The summed E-state index contributed by atoms with van der Waals surface area (Å²) in [6.45, 7) is 1.52. The fourth-order valence-corrected chi connectivity index (χ4v) is 4.03. The SMILES string of the molecule is CCc1[nH]c2ccc(Cc3ccccc3)c(OCC(=O)N(C)Oc3ccccc3)c2c1C(=O)C(N)=O. The molecular formula is C28H27N3O5. The van der Waals surface area contributed by atoms with Crippen LogP contribution in [0.4, 0.5) is 0 Å². The Bertz CT molecular complexity index is 1400. The number of nitrogens with two attached hydrogens (primary N) is 1. The van der Waals surface area contributed by atoms with Crippen LogP contribution in [0.3, 0.4) is 0 Å². The van der Waals surface area contributed by atoms with Gasteiger partial charge in [0.15, 0.2) is 12.4 Å². The number of H-pyrrole nitrogens is 1. The van der Waals surface area contributed by atoms with Crippen molar-refractivity contribution in [2.24, 2.45) is 5.73 Å². The molecule has 3 aromatic carbocycles. The van der Waals surface area contributed by atoms with E-state index in [4.69, 9.17) is 15.3 Å². The number of likely N-dealkylation sites (N-methyl/N-ethyl adjacent to an activating group) is 1. The zero-order valence-corrected chi connectivity index (χ0v) is 20.1. The summed E-state index contributed by atoms with van der Waals surface area (Å²) < 4.78 is 6.08. The van der Waals surface area contributed by atoms with Gasteiger partial charge in [-0.25, -0.2) is 0 Å². The van der Waals surface area contributed by atoms with E-state index in [9.17, 15) is 14.4 Å². The Morgan fingerprint density at radius 1 is 0.944 bits per heavy atom. The Balaban J connectivity index is 1.72. The van der Waals surface area contributed by atoms with Crippen molar-refractivity contribution in [3.05, 3.63) is 95.2 Å². The monoisotopic (exact) mass is 485 g/mol. The van der Waals surface area contributed by atoms with E-state index in [1.54, 1.807) is 24.3 Å². The number of carbonyl (C=O) groups is 3. The summed E-state index contributed by atoms with van der Waals surface area (Å²) in [7, 11) is 1.50. The summed E-state index contributed by atoms with van der Waals surface area (Å²) >= 11 is 0. The number of hydrogen-bond donors (Lipinski definition) is 2. The molecular weight excluding hydrogens is 458 g/mol. The van der Waals surface area contributed by atoms with Gasteiger partial charge in [0, 0.05) is 19.2 Å². The van der Waals surface area contributed by atoms with Crippen LogP contribution in [0.15, 0.2) is 72.8 Å². The van der Waals surface area contributed by atoms with Crippen LogP contribution in [0, 0.1) is 0 Å². The average molecular weight is 486 g/mol. The lowest BCUT2D eigenvalue weighted by Gasteiger charge is -2.19. The number of nitrogens with zero attached hydrogens (tertiary/aromatic N) is 1. The van der Waals surface area contributed by atoms with Gasteiger partial charge in [0.2, 0.25) is 0 Å². The first-order valence-corrected chi connectivity index (χ1v) is 11.6. The van der Waals surface area contributed by atoms with Crippen molar-refractivity contribution < 1.29 is 24.0 Å². The number of fused-ring (bicyclic) bond motifs is 1. The lowest BCUT2D eigenvalue weighted by molar-refractivity contribution is -0.154. The fraction of sp³-hybridized carbons (Fsp3) is 0.179. The third-order valence-corrected chi connectivity index (χ3v) is 5.80. The van der Waals surface area contributed by atoms with Gasteiger partial charge in [0.05, 0.1) is 16.5 Å². The second-order valence-electron chi connectivity index (χ2n) is 8.25. The Hall–Kier alpha value is -4.59. The van der Waals surface area contributed by atoms with E-state index in [2.05, 4.69) is 4.98 Å². The molecule has 3 N–H and O–H groups in total. The van der Waals surface area contributed by atoms with Crippen LogP contribution in [0.5, 0.6) is 11.5 Å². The number of aromatic nitrogens is 1. The number of aryl methyl sites for hydroxylation is 1. The van der Waals surface area contributed by atoms with Crippen LogP contribution in [0.25, 0.3) is 10.9 Å². The van der Waals surface area contributed by atoms with Gasteiger partial charge in [0.1, 0.15) is 5.75 Å². The van der Waals surface area contributed by atoms with E-state index in [1.807, 2.05) is 55.5 Å². The molecule has 0 saturated heterocycles. The molecule has 2 amide bonds. The van der Waals surface area contributed by atoms with Crippen molar-refractivity contribution in [2.45, 2.75) is 19.8 Å². The van der Waals surface area contributed by atoms with Crippen LogP contribution >= 0.6 is 0 Å². The molecule has 184 valence electrons. The molecule has 0 aliphatic heterocycles. The Morgan fingerprint density at radius 2 is 1.61 bits per heavy atom. The number of benzene rings is 3. The predicted octanol–water partition coefficient (Wildman–Crippen LogP) is 3.82. The molecule has 0 radical (unpaired) electrons. The highest BCUT2D eigenvalue weighted by Crippen LogP contribution is 2.36. The smallest absolute Gasteiger partial charge is 0.292 e. The van der Waals surface area contributed by atoms with Gasteiger partial charge in [-0.05, 0) is 35.7 Å². The molecule has 0 unspecified atom stereocenters. The molecule has 0 aliphatic rings. The number of nitrogens with one attached hydrogen (secondary N) is 1. The van der Waals surface area contributed by atoms with Crippen LogP contribution in [0.1, 0.15) is 34.1 Å². The Labute approximate surface area is 208 Å². The van der Waals surface area contributed by atoms with Gasteiger partial charge < -0.3 is 20.3 Å². The number of Topliss-reactive ketones (excluding diaryl/α,β-unsaturated/α-hetero) is 1. The first-order valence-electron chi connectivity index (χ1n) is 11.6. The highest BCUT2D eigenvalue weighted by atomic mass is 16.7. The topological polar surface area (TPSA) is 115 Å². The molecule has 36 heavy (non-hydrogen) atoms. The molecule has 1 aromatic heterocycles. The molecule has 0 bridgehead atoms. The van der Waals surface area contributed by atoms with Crippen LogP contribution in [-0.4, -0.2) is 41.3 Å². The minimum atomic E-state index is -1.06. The third-order valence-electron chi connectivity index (χ3n) is 5.80. The van der Waals surface area contributed by atoms with E-state index in [0.29, 0.717) is 40.9 Å². The number of rotatable bonds is 10. The maximum atomic E-state index is 12.8. The molecule has 0 saturated carbocycles.